The van der Waals surface area contributed by atoms with Crippen molar-refractivity contribution in [2.24, 2.45) is 5.10 Å². The lowest BCUT2D eigenvalue weighted by atomic mass is 10.2. The summed E-state index contributed by atoms with van der Waals surface area (Å²) >= 11 is 0. The number of rotatable bonds is 6. The van der Waals surface area contributed by atoms with Crippen LogP contribution >= 0.6 is 0 Å². The molecule has 22 heavy (non-hydrogen) atoms. The van der Waals surface area contributed by atoms with Crippen LogP contribution in [-0.2, 0) is 10.0 Å². The van der Waals surface area contributed by atoms with Gasteiger partial charge in [-0.3, -0.25) is 0 Å². The molecule has 0 spiro atoms. The van der Waals surface area contributed by atoms with Crippen LogP contribution < -0.4 is 14.3 Å². The maximum absolute atomic E-state index is 12.0. The Morgan fingerprint density at radius 3 is 2.14 bits per heavy atom. The van der Waals surface area contributed by atoms with Gasteiger partial charge in [-0.2, -0.15) is 13.5 Å². The molecule has 0 amide bonds. The molecule has 0 aliphatic heterocycles. The zero-order chi connectivity index (χ0) is 16.0. The zero-order valence-electron chi connectivity index (χ0n) is 12.2. The summed E-state index contributed by atoms with van der Waals surface area (Å²) in [6.45, 7) is 0. The molecular weight excluding hydrogens is 304 g/mol. The first kappa shape index (κ1) is 15.8. The Morgan fingerprint density at radius 2 is 1.59 bits per heavy atom. The minimum absolute atomic E-state index is 0.148. The SMILES string of the molecule is COc1cc(C=NNS(=O)(=O)c2ccccc2)cc(OC)c1. The highest BCUT2D eigenvalue weighted by molar-refractivity contribution is 7.89. The summed E-state index contributed by atoms with van der Waals surface area (Å²) < 4.78 is 34.3. The second-order valence-electron chi connectivity index (χ2n) is 4.31. The largest absolute Gasteiger partial charge is 0.497 e. The minimum Gasteiger partial charge on any atom is -0.497 e. The van der Waals surface area contributed by atoms with Gasteiger partial charge in [-0.25, -0.2) is 4.83 Å². The number of sulfonamides is 1. The van der Waals surface area contributed by atoms with Crippen molar-refractivity contribution in [3.63, 3.8) is 0 Å². The Morgan fingerprint density at radius 1 is 1.00 bits per heavy atom. The molecular formula is C15H16N2O4S. The molecule has 7 heteroatoms. The summed E-state index contributed by atoms with van der Waals surface area (Å²) in [6, 6.07) is 13.2. The molecule has 1 N–H and O–H groups in total. The third-order valence-electron chi connectivity index (χ3n) is 2.81. The fraction of sp³-hybridized carbons (Fsp3) is 0.133. The third kappa shape index (κ3) is 3.98. The van der Waals surface area contributed by atoms with E-state index >= 15 is 0 Å². The van der Waals surface area contributed by atoms with Crippen LogP contribution in [0.4, 0.5) is 0 Å². The van der Waals surface area contributed by atoms with Gasteiger partial charge in [0.25, 0.3) is 10.0 Å². The lowest BCUT2D eigenvalue weighted by Crippen LogP contribution is -2.18. The average molecular weight is 320 g/mol. The van der Waals surface area contributed by atoms with E-state index in [1.807, 2.05) is 0 Å². The molecule has 0 saturated carbocycles. The summed E-state index contributed by atoms with van der Waals surface area (Å²) in [5.41, 5.74) is 0.645. The van der Waals surface area contributed by atoms with E-state index in [9.17, 15) is 8.42 Å². The van der Waals surface area contributed by atoms with Gasteiger partial charge >= 0.3 is 0 Å². The standard InChI is InChI=1S/C15H16N2O4S/c1-20-13-8-12(9-14(10-13)21-2)11-16-17-22(18,19)15-6-4-3-5-7-15/h3-11,17H,1-2H3. The van der Waals surface area contributed by atoms with Crippen LogP contribution in [0.1, 0.15) is 5.56 Å². The lowest BCUT2D eigenvalue weighted by Gasteiger charge is -2.06. The van der Waals surface area contributed by atoms with Crippen molar-refractivity contribution in [1.82, 2.24) is 4.83 Å². The van der Waals surface area contributed by atoms with Crippen molar-refractivity contribution in [2.75, 3.05) is 14.2 Å². The Hall–Kier alpha value is -2.54. The van der Waals surface area contributed by atoms with Gasteiger partial charge in [0.15, 0.2) is 0 Å². The molecule has 2 rings (SSSR count). The van der Waals surface area contributed by atoms with Gasteiger partial charge in [0, 0.05) is 11.6 Å². The fourth-order valence-corrected chi connectivity index (χ4v) is 2.54. The smallest absolute Gasteiger partial charge is 0.276 e. The first-order valence-electron chi connectivity index (χ1n) is 6.38. The highest BCUT2D eigenvalue weighted by Gasteiger charge is 2.11. The van der Waals surface area contributed by atoms with Crippen LogP contribution in [-0.4, -0.2) is 28.9 Å². The lowest BCUT2D eigenvalue weighted by molar-refractivity contribution is 0.394. The van der Waals surface area contributed by atoms with Gasteiger partial charge in [-0.15, -0.1) is 0 Å². The van der Waals surface area contributed by atoms with Crippen molar-refractivity contribution >= 4 is 16.2 Å². The zero-order valence-corrected chi connectivity index (χ0v) is 13.0. The number of nitrogens with zero attached hydrogens (tertiary/aromatic N) is 1. The van der Waals surface area contributed by atoms with E-state index in [0.29, 0.717) is 17.1 Å². The van der Waals surface area contributed by atoms with Crippen molar-refractivity contribution in [1.29, 1.82) is 0 Å². The van der Waals surface area contributed by atoms with Gasteiger partial charge < -0.3 is 9.47 Å². The van der Waals surface area contributed by atoms with Crippen molar-refractivity contribution in [3.05, 3.63) is 54.1 Å². The monoisotopic (exact) mass is 320 g/mol. The molecule has 0 heterocycles. The molecule has 116 valence electrons. The molecule has 0 radical (unpaired) electrons. The Labute approximate surface area is 129 Å². The van der Waals surface area contributed by atoms with Gasteiger partial charge in [-0.1, -0.05) is 18.2 Å². The topological polar surface area (TPSA) is 77.0 Å². The maximum Gasteiger partial charge on any atom is 0.276 e. The van der Waals surface area contributed by atoms with Gasteiger partial charge in [0.2, 0.25) is 0 Å². The predicted octanol–water partition coefficient (Wildman–Crippen LogP) is 2.02. The molecule has 0 atom stereocenters. The van der Waals surface area contributed by atoms with Crippen LogP contribution in [0, 0.1) is 0 Å². The molecule has 0 bridgehead atoms. The molecule has 2 aromatic carbocycles. The number of ether oxygens (including phenoxy) is 2. The number of hydrogen-bond acceptors (Lipinski definition) is 5. The highest BCUT2D eigenvalue weighted by Crippen LogP contribution is 2.21. The van der Waals surface area contributed by atoms with E-state index < -0.39 is 10.0 Å². The number of nitrogens with one attached hydrogen (secondary N) is 1. The number of methoxy groups -OCH3 is 2. The fourth-order valence-electron chi connectivity index (χ4n) is 1.73. The van der Waals surface area contributed by atoms with Gasteiger partial charge in [0.05, 0.1) is 25.3 Å². The Balaban J connectivity index is 2.16. The van der Waals surface area contributed by atoms with Crippen LogP contribution in [0.15, 0.2) is 58.5 Å². The van der Waals surface area contributed by atoms with Crippen LogP contribution in [0.25, 0.3) is 0 Å². The normalized spacial score (nSPS) is 11.4. The second kappa shape index (κ2) is 6.95. The van der Waals surface area contributed by atoms with Crippen LogP contribution in [0.2, 0.25) is 0 Å². The highest BCUT2D eigenvalue weighted by atomic mass is 32.2. The quantitative estimate of drug-likeness (QED) is 0.652. The summed E-state index contributed by atoms with van der Waals surface area (Å²) in [5.74, 6) is 1.18. The first-order chi connectivity index (χ1) is 10.5. The molecule has 6 nitrogen and oxygen atoms in total. The van der Waals surface area contributed by atoms with E-state index in [1.54, 1.807) is 36.4 Å². The van der Waals surface area contributed by atoms with Crippen molar-refractivity contribution in [2.45, 2.75) is 4.90 Å². The average Bonchev–Trinajstić information content (AvgIpc) is 2.55. The molecule has 0 aromatic heterocycles. The van der Waals surface area contributed by atoms with Crippen LogP contribution in [0.3, 0.4) is 0 Å². The predicted molar refractivity (Wildman–Crippen MR) is 83.9 cm³/mol. The second-order valence-corrected chi connectivity index (χ2v) is 5.97. The molecule has 0 saturated heterocycles. The summed E-state index contributed by atoms with van der Waals surface area (Å²) in [7, 11) is -0.601. The first-order valence-corrected chi connectivity index (χ1v) is 7.86. The van der Waals surface area contributed by atoms with Gasteiger partial charge in [-0.05, 0) is 24.3 Å². The Bertz CT molecular complexity index is 736. The van der Waals surface area contributed by atoms with Crippen LogP contribution in [0.5, 0.6) is 11.5 Å². The van der Waals surface area contributed by atoms with E-state index in [4.69, 9.17) is 9.47 Å². The Kier molecular flexibility index (Phi) is 5.00. The van der Waals surface area contributed by atoms with Crippen molar-refractivity contribution < 1.29 is 17.9 Å². The van der Waals surface area contributed by atoms with Crippen molar-refractivity contribution in [3.8, 4) is 11.5 Å². The maximum atomic E-state index is 12.0. The summed E-state index contributed by atoms with van der Waals surface area (Å²) in [4.78, 5) is 2.31. The van der Waals surface area contributed by atoms with E-state index in [1.165, 1.54) is 32.6 Å². The molecule has 0 unspecified atom stereocenters. The van der Waals surface area contributed by atoms with E-state index in [-0.39, 0.29) is 4.90 Å². The summed E-state index contributed by atoms with van der Waals surface area (Å²) in [6.07, 6.45) is 1.38. The molecule has 2 aromatic rings. The van der Waals surface area contributed by atoms with E-state index in [0.717, 1.165) is 0 Å². The molecule has 0 aliphatic carbocycles. The molecule has 0 aliphatic rings. The summed E-state index contributed by atoms with van der Waals surface area (Å²) in [5, 5.41) is 3.77. The minimum atomic E-state index is -3.67. The third-order valence-corrected chi connectivity index (χ3v) is 4.05. The number of benzene rings is 2. The van der Waals surface area contributed by atoms with E-state index in [2.05, 4.69) is 9.93 Å². The molecule has 0 fully saturated rings. The number of hydrogen-bond donors (Lipinski definition) is 1. The van der Waals surface area contributed by atoms with Gasteiger partial charge in [0.1, 0.15) is 11.5 Å². The number of hydrazone groups is 1.